The van der Waals surface area contributed by atoms with Gasteiger partial charge in [-0.2, -0.15) is 0 Å². The smallest absolute Gasteiger partial charge is 0.249 e. The van der Waals surface area contributed by atoms with Gasteiger partial charge in [0.15, 0.2) is 0 Å². The second kappa shape index (κ2) is 47.8. The predicted octanol–water partition coefficient (Wildman–Crippen LogP) is 14.7. The Bertz CT molecular complexity index is 893. The van der Waals surface area contributed by atoms with Gasteiger partial charge in [-0.1, -0.05) is 237 Å². The van der Waals surface area contributed by atoms with Crippen LogP contribution in [0.15, 0.2) is 24.3 Å². The van der Waals surface area contributed by atoms with Gasteiger partial charge < -0.3 is 25.7 Å². The normalized spacial score (nSPS) is 14.1. The van der Waals surface area contributed by atoms with E-state index in [4.69, 9.17) is 0 Å². The van der Waals surface area contributed by atoms with Crippen molar-refractivity contribution in [2.24, 2.45) is 0 Å². The van der Waals surface area contributed by atoms with E-state index < -0.39 is 36.9 Å². The number of rotatable bonds is 48. The fraction of sp³-hybridized carbons (Fsp3) is 0.906. The summed E-state index contributed by atoms with van der Waals surface area (Å²) < 4.78 is 0. The number of hydrogen-bond acceptors (Lipinski definition) is 5. The summed E-state index contributed by atoms with van der Waals surface area (Å²) in [5, 5.41) is 43.9. The van der Waals surface area contributed by atoms with Gasteiger partial charge in [-0.15, -0.1) is 0 Å². The van der Waals surface area contributed by atoms with E-state index in [0.717, 1.165) is 44.9 Å². The Morgan fingerprint density at radius 1 is 0.407 bits per heavy atom. The number of unbranched alkanes of at least 4 members (excludes halogenated alkanes) is 35. The molecule has 0 aromatic heterocycles. The number of amides is 1. The molecule has 4 unspecified atom stereocenters. The lowest BCUT2D eigenvalue weighted by Crippen LogP contribution is -2.53. The second-order valence-electron chi connectivity index (χ2n) is 18.2. The van der Waals surface area contributed by atoms with E-state index in [1.165, 1.54) is 205 Å². The van der Waals surface area contributed by atoms with Crippen LogP contribution in [-0.4, -0.2) is 57.3 Å². The molecule has 0 aliphatic rings. The molecular formula is C53H103NO5. The molecule has 0 aliphatic carbocycles. The van der Waals surface area contributed by atoms with E-state index in [2.05, 4.69) is 43.5 Å². The molecule has 5 N–H and O–H groups in total. The minimum absolute atomic E-state index is 0.357. The Morgan fingerprint density at radius 3 is 1.02 bits per heavy atom. The Labute approximate surface area is 367 Å². The van der Waals surface area contributed by atoms with Crippen molar-refractivity contribution in [1.29, 1.82) is 0 Å². The van der Waals surface area contributed by atoms with Crippen molar-refractivity contribution in [3.05, 3.63) is 24.3 Å². The molecular weight excluding hydrogens is 731 g/mol. The lowest BCUT2D eigenvalue weighted by molar-refractivity contribution is -0.132. The van der Waals surface area contributed by atoms with Gasteiger partial charge in [-0.05, 0) is 64.2 Å². The van der Waals surface area contributed by atoms with Gasteiger partial charge in [-0.3, -0.25) is 4.79 Å². The molecule has 4 atom stereocenters. The summed E-state index contributed by atoms with van der Waals surface area (Å²) in [5.74, 6) is -0.595. The third kappa shape index (κ3) is 41.9. The molecule has 0 saturated carbocycles. The van der Waals surface area contributed by atoms with Crippen molar-refractivity contribution in [3.63, 3.8) is 0 Å². The van der Waals surface area contributed by atoms with Crippen LogP contribution in [0.3, 0.4) is 0 Å². The van der Waals surface area contributed by atoms with Crippen LogP contribution >= 0.6 is 0 Å². The van der Waals surface area contributed by atoms with Crippen molar-refractivity contribution >= 4 is 5.91 Å². The predicted molar refractivity (Wildman–Crippen MR) is 256 cm³/mol. The zero-order chi connectivity index (χ0) is 43.1. The van der Waals surface area contributed by atoms with E-state index >= 15 is 0 Å². The van der Waals surface area contributed by atoms with Crippen LogP contribution in [0.1, 0.15) is 277 Å². The van der Waals surface area contributed by atoms with Gasteiger partial charge in [0.25, 0.3) is 0 Å². The zero-order valence-corrected chi connectivity index (χ0v) is 39.5. The minimum atomic E-state index is -1.28. The SMILES string of the molecule is CCCCCCCCCC/C=C\CCCCCCCCC(O)C(=O)NC(CO)C(O)C(O)CCC/C=C/CCCCCCCCCCCCCCCCCCCCCC. The largest absolute Gasteiger partial charge is 0.394 e. The van der Waals surface area contributed by atoms with Crippen LogP contribution in [0.5, 0.6) is 0 Å². The maximum absolute atomic E-state index is 12.6. The number of allylic oxidation sites excluding steroid dienone is 4. The number of carbonyl (C=O) groups is 1. The summed E-state index contributed by atoms with van der Waals surface area (Å²) in [6.45, 7) is 4.06. The first-order chi connectivity index (χ1) is 29.0. The van der Waals surface area contributed by atoms with E-state index in [1.807, 2.05) is 0 Å². The highest BCUT2D eigenvalue weighted by Crippen LogP contribution is 2.17. The van der Waals surface area contributed by atoms with Crippen LogP contribution in [0.4, 0.5) is 0 Å². The Morgan fingerprint density at radius 2 is 0.695 bits per heavy atom. The molecule has 0 heterocycles. The first kappa shape index (κ1) is 57.8. The summed E-state index contributed by atoms with van der Waals surface area (Å²) in [4.78, 5) is 12.6. The molecule has 0 radical (unpaired) electrons. The maximum Gasteiger partial charge on any atom is 0.249 e. The number of nitrogens with one attached hydrogen (secondary N) is 1. The summed E-state index contributed by atoms with van der Waals surface area (Å²) >= 11 is 0. The third-order valence-electron chi connectivity index (χ3n) is 12.4. The topological polar surface area (TPSA) is 110 Å². The second-order valence-corrected chi connectivity index (χ2v) is 18.2. The highest BCUT2D eigenvalue weighted by atomic mass is 16.3. The quantitative estimate of drug-likeness (QED) is 0.0310. The monoisotopic (exact) mass is 834 g/mol. The molecule has 6 nitrogen and oxygen atoms in total. The lowest BCUT2D eigenvalue weighted by atomic mass is 10.00. The van der Waals surface area contributed by atoms with E-state index in [9.17, 15) is 25.2 Å². The number of aliphatic hydroxyl groups is 4. The zero-order valence-electron chi connectivity index (χ0n) is 39.5. The number of hydrogen-bond donors (Lipinski definition) is 5. The Kier molecular flexibility index (Phi) is 46.9. The van der Waals surface area contributed by atoms with Crippen LogP contribution in [0.25, 0.3) is 0 Å². The average Bonchev–Trinajstić information content (AvgIpc) is 3.24. The fourth-order valence-electron chi connectivity index (χ4n) is 8.22. The molecule has 0 aromatic carbocycles. The minimum Gasteiger partial charge on any atom is -0.394 e. The van der Waals surface area contributed by atoms with Crippen molar-refractivity contribution < 1.29 is 25.2 Å². The molecule has 0 aromatic rings. The van der Waals surface area contributed by atoms with E-state index in [0.29, 0.717) is 12.8 Å². The van der Waals surface area contributed by atoms with Crippen molar-refractivity contribution in [2.75, 3.05) is 6.61 Å². The Balaban J connectivity index is 3.68. The molecule has 59 heavy (non-hydrogen) atoms. The Hall–Kier alpha value is -1.21. The van der Waals surface area contributed by atoms with Gasteiger partial charge in [0.2, 0.25) is 5.91 Å². The van der Waals surface area contributed by atoms with Crippen LogP contribution in [0.2, 0.25) is 0 Å². The summed E-state index contributed by atoms with van der Waals surface area (Å²) in [7, 11) is 0. The molecule has 350 valence electrons. The van der Waals surface area contributed by atoms with Crippen molar-refractivity contribution in [1.82, 2.24) is 5.32 Å². The molecule has 1 amide bonds. The van der Waals surface area contributed by atoms with E-state index in [-0.39, 0.29) is 0 Å². The van der Waals surface area contributed by atoms with Crippen LogP contribution < -0.4 is 5.32 Å². The van der Waals surface area contributed by atoms with E-state index in [1.54, 1.807) is 0 Å². The fourth-order valence-corrected chi connectivity index (χ4v) is 8.22. The highest BCUT2D eigenvalue weighted by Gasteiger charge is 2.28. The molecule has 0 fully saturated rings. The first-order valence-electron chi connectivity index (χ1n) is 26.2. The molecule has 0 rings (SSSR count). The maximum atomic E-state index is 12.6. The standard InChI is InChI=1S/C53H103NO5/c1-3-5-7-9-11-13-15-17-19-21-23-24-25-26-27-28-29-31-32-34-36-38-40-42-44-46-50(56)52(58)49(48-55)54-53(59)51(57)47-45-43-41-39-37-35-33-30-22-20-18-16-14-12-10-8-6-4-2/h22,30,38,40,49-52,55-58H,3-21,23-29,31-37,39,41-48H2,1-2H3,(H,54,59)/b30-22-,40-38+. The highest BCUT2D eigenvalue weighted by molar-refractivity contribution is 5.80. The van der Waals surface area contributed by atoms with Gasteiger partial charge in [0.1, 0.15) is 12.2 Å². The van der Waals surface area contributed by atoms with Crippen LogP contribution in [0, 0.1) is 0 Å². The van der Waals surface area contributed by atoms with Crippen LogP contribution in [-0.2, 0) is 4.79 Å². The van der Waals surface area contributed by atoms with Crippen molar-refractivity contribution in [2.45, 2.75) is 301 Å². The van der Waals surface area contributed by atoms with Gasteiger partial charge in [-0.25, -0.2) is 0 Å². The van der Waals surface area contributed by atoms with Gasteiger partial charge in [0.05, 0.1) is 18.8 Å². The first-order valence-corrected chi connectivity index (χ1v) is 26.2. The molecule has 0 spiro atoms. The average molecular weight is 834 g/mol. The summed E-state index contributed by atoms with van der Waals surface area (Å²) in [5.41, 5.74) is 0. The molecule has 0 saturated heterocycles. The summed E-state index contributed by atoms with van der Waals surface area (Å²) in [6, 6.07) is -1.00. The summed E-state index contributed by atoms with van der Waals surface area (Å²) in [6.07, 6.45) is 56.6. The number of carbonyl (C=O) groups excluding carboxylic acids is 1. The molecule has 0 aliphatic heterocycles. The van der Waals surface area contributed by atoms with Gasteiger partial charge in [0, 0.05) is 0 Å². The third-order valence-corrected chi connectivity index (χ3v) is 12.4. The molecule has 6 heteroatoms. The lowest BCUT2D eigenvalue weighted by Gasteiger charge is -2.27. The van der Waals surface area contributed by atoms with Gasteiger partial charge >= 0.3 is 0 Å². The molecule has 0 bridgehead atoms. The van der Waals surface area contributed by atoms with Crippen molar-refractivity contribution in [3.8, 4) is 0 Å². The number of aliphatic hydroxyl groups excluding tert-OH is 4.